The molecule has 2 aliphatic heterocycles. The number of hydrogen-bond acceptors (Lipinski definition) is 7. The third-order valence-corrected chi connectivity index (χ3v) is 10.3. The van der Waals surface area contributed by atoms with Crippen LogP contribution in [0.15, 0.2) is 30.4 Å². The molecule has 0 amide bonds. The first-order valence-corrected chi connectivity index (χ1v) is 12.7. The highest BCUT2D eigenvalue weighted by Crippen LogP contribution is 2.66. The average Bonchev–Trinajstić information content (AvgIpc) is 3.60. The number of epoxide rings is 1. The average molecular weight is 483 g/mol. The van der Waals surface area contributed by atoms with Gasteiger partial charge in [-0.15, -0.1) is 0 Å². The zero-order chi connectivity index (χ0) is 25.1. The van der Waals surface area contributed by atoms with Gasteiger partial charge in [0.2, 0.25) is 0 Å². The Labute approximate surface area is 205 Å². The maximum absolute atomic E-state index is 13.1. The van der Waals surface area contributed by atoms with Crippen molar-refractivity contribution in [1.82, 2.24) is 0 Å². The van der Waals surface area contributed by atoms with Crippen LogP contribution in [-0.4, -0.2) is 62.2 Å². The quantitative estimate of drug-likeness (QED) is 0.437. The van der Waals surface area contributed by atoms with Crippen molar-refractivity contribution in [3.05, 3.63) is 47.0 Å². The van der Waals surface area contributed by atoms with Crippen LogP contribution in [-0.2, 0) is 25.5 Å². The van der Waals surface area contributed by atoms with E-state index in [-0.39, 0.29) is 42.2 Å². The van der Waals surface area contributed by atoms with Crippen LogP contribution in [0.1, 0.15) is 75.5 Å². The van der Waals surface area contributed by atoms with Gasteiger partial charge < -0.3 is 24.8 Å². The molecule has 3 N–H and O–H groups in total. The zero-order valence-corrected chi connectivity index (χ0v) is 20.7. The molecule has 3 aliphatic carbocycles. The number of hydrogen-bond donors (Lipinski definition) is 3. The summed E-state index contributed by atoms with van der Waals surface area (Å²) in [5.41, 5.74) is -2.19. The second-order valence-electron chi connectivity index (χ2n) is 12.0. The molecule has 6 rings (SSSR count). The van der Waals surface area contributed by atoms with E-state index < -0.39 is 34.3 Å². The molecule has 10 unspecified atom stereocenters. The summed E-state index contributed by atoms with van der Waals surface area (Å²) in [7, 11) is 0. The minimum Gasteiger partial charge on any atom is -0.459 e. The SMILES string of the molecule is CC(c1ccc2c(c1)CCC1C2C2OC2C2(O)CC=CC(=O)C12C)C1CC(C)(O)C(C)(O)C(=O)O1. The summed E-state index contributed by atoms with van der Waals surface area (Å²) in [5, 5.41) is 32.7. The van der Waals surface area contributed by atoms with E-state index in [0.29, 0.717) is 6.42 Å². The Hall–Kier alpha value is -2.06. The fourth-order valence-electron chi connectivity index (χ4n) is 7.45. The Morgan fingerprint density at radius 1 is 1.11 bits per heavy atom. The first-order chi connectivity index (χ1) is 16.3. The molecule has 188 valence electrons. The summed E-state index contributed by atoms with van der Waals surface area (Å²) in [4.78, 5) is 25.6. The summed E-state index contributed by atoms with van der Waals surface area (Å²) in [6.45, 7) is 6.65. The topological polar surface area (TPSA) is 117 Å². The maximum atomic E-state index is 13.1. The minimum absolute atomic E-state index is 0.00102. The number of ether oxygens (including phenoxy) is 2. The van der Waals surface area contributed by atoms with Gasteiger partial charge in [-0.3, -0.25) is 4.79 Å². The number of allylic oxidation sites excluding steroid dienone is 1. The van der Waals surface area contributed by atoms with Gasteiger partial charge in [0.15, 0.2) is 11.4 Å². The Balaban J connectivity index is 1.31. The zero-order valence-electron chi connectivity index (χ0n) is 20.7. The summed E-state index contributed by atoms with van der Waals surface area (Å²) < 4.78 is 11.6. The molecule has 0 spiro atoms. The number of cyclic esters (lactones) is 1. The van der Waals surface area contributed by atoms with Gasteiger partial charge in [-0.05, 0) is 68.7 Å². The van der Waals surface area contributed by atoms with E-state index in [1.807, 2.05) is 19.9 Å². The van der Waals surface area contributed by atoms with E-state index in [4.69, 9.17) is 9.47 Å². The highest BCUT2D eigenvalue weighted by Gasteiger charge is 2.75. The van der Waals surface area contributed by atoms with Crippen LogP contribution in [0.2, 0.25) is 0 Å². The van der Waals surface area contributed by atoms with E-state index in [2.05, 4.69) is 12.1 Å². The molecule has 10 atom stereocenters. The largest absolute Gasteiger partial charge is 0.459 e. The Bertz CT molecular complexity index is 1150. The highest BCUT2D eigenvalue weighted by atomic mass is 16.6. The number of carbonyl (C=O) groups is 2. The lowest BCUT2D eigenvalue weighted by Gasteiger charge is -2.55. The molecule has 2 saturated heterocycles. The summed E-state index contributed by atoms with van der Waals surface area (Å²) in [5.74, 6) is -0.935. The predicted octanol–water partition coefficient (Wildman–Crippen LogP) is 2.30. The lowest BCUT2D eigenvalue weighted by atomic mass is 9.48. The predicted molar refractivity (Wildman–Crippen MR) is 126 cm³/mol. The molecule has 3 fully saturated rings. The van der Waals surface area contributed by atoms with Crippen LogP contribution in [0.5, 0.6) is 0 Å². The van der Waals surface area contributed by atoms with Crippen LogP contribution in [0.3, 0.4) is 0 Å². The van der Waals surface area contributed by atoms with E-state index >= 15 is 0 Å². The highest BCUT2D eigenvalue weighted by molar-refractivity contribution is 5.97. The van der Waals surface area contributed by atoms with Crippen LogP contribution in [0.4, 0.5) is 0 Å². The van der Waals surface area contributed by atoms with Gasteiger partial charge in [0.25, 0.3) is 0 Å². The molecule has 1 aromatic rings. The first kappa shape index (κ1) is 23.3. The Morgan fingerprint density at radius 2 is 1.86 bits per heavy atom. The number of esters is 1. The van der Waals surface area contributed by atoms with Gasteiger partial charge in [0.05, 0.1) is 11.5 Å². The molecule has 2 heterocycles. The fraction of sp³-hybridized carbons (Fsp3) is 0.643. The standard InChI is InChI=1S/C28H34O7/c1-14(19-13-25(2,31)27(4,32)24(30)34-19)15-7-9-17-16(12-15)8-10-18-21(17)22-23(35-22)28(33)11-5-6-20(29)26(18,28)3/h5-7,9,12,14,18-19,21-23,31-33H,8,10-11,13H2,1-4H3. The van der Waals surface area contributed by atoms with Gasteiger partial charge in [-0.25, -0.2) is 4.79 Å². The second-order valence-corrected chi connectivity index (χ2v) is 12.0. The maximum Gasteiger partial charge on any atom is 0.341 e. The van der Waals surface area contributed by atoms with Crippen LogP contribution in [0.25, 0.3) is 0 Å². The van der Waals surface area contributed by atoms with Crippen LogP contribution in [0, 0.1) is 11.3 Å². The summed E-state index contributed by atoms with van der Waals surface area (Å²) in [6, 6.07) is 6.28. The minimum atomic E-state index is -1.94. The van der Waals surface area contributed by atoms with E-state index in [9.17, 15) is 24.9 Å². The lowest BCUT2D eigenvalue weighted by molar-refractivity contribution is -0.223. The molecule has 1 saturated carbocycles. The normalized spacial score (nSPS) is 48.7. The number of aryl methyl sites for hydroxylation is 1. The molecule has 7 heteroatoms. The van der Waals surface area contributed by atoms with Crippen LogP contribution >= 0.6 is 0 Å². The van der Waals surface area contributed by atoms with E-state index in [1.54, 1.807) is 12.2 Å². The molecule has 7 nitrogen and oxygen atoms in total. The van der Waals surface area contributed by atoms with Crippen molar-refractivity contribution in [3.8, 4) is 0 Å². The molecular formula is C28H34O7. The summed E-state index contributed by atoms with van der Waals surface area (Å²) >= 11 is 0. The number of ketones is 1. The van der Waals surface area contributed by atoms with Gasteiger partial charge in [-0.1, -0.05) is 31.2 Å². The van der Waals surface area contributed by atoms with Gasteiger partial charge in [0, 0.05) is 18.3 Å². The molecule has 35 heavy (non-hydrogen) atoms. The van der Waals surface area contributed by atoms with Gasteiger partial charge in [-0.2, -0.15) is 0 Å². The smallest absolute Gasteiger partial charge is 0.341 e. The number of fused-ring (bicyclic) bond motifs is 8. The Morgan fingerprint density at radius 3 is 2.57 bits per heavy atom. The van der Waals surface area contributed by atoms with Crippen LogP contribution < -0.4 is 0 Å². The van der Waals surface area contributed by atoms with Crippen molar-refractivity contribution >= 4 is 11.8 Å². The van der Waals surface area contributed by atoms with Crippen molar-refractivity contribution in [2.45, 2.75) is 100 Å². The van der Waals surface area contributed by atoms with Crippen molar-refractivity contribution in [2.75, 3.05) is 0 Å². The van der Waals surface area contributed by atoms with Crippen molar-refractivity contribution in [2.24, 2.45) is 11.3 Å². The van der Waals surface area contributed by atoms with E-state index in [1.165, 1.54) is 25.0 Å². The number of aliphatic hydroxyl groups is 3. The number of rotatable bonds is 2. The van der Waals surface area contributed by atoms with Crippen molar-refractivity contribution in [1.29, 1.82) is 0 Å². The number of benzene rings is 1. The van der Waals surface area contributed by atoms with Gasteiger partial charge >= 0.3 is 5.97 Å². The second kappa shape index (κ2) is 7.03. The summed E-state index contributed by atoms with van der Waals surface area (Å²) in [6.07, 6.45) is 4.59. The third kappa shape index (κ3) is 2.87. The fourth-order valence-corrected chi connectivity index (χ4v) is 7.45. The number of carbonyl (C=O) groups excluding carboxylic acids is 2. The Kier molecular flexibility index (Phi) is 4.69. The monoisotopic (exact) mass is 482 g/mol. The first-order valence-electron chi connectivity index (χ1n) is 12.7. The molecule has 0 radical (unpaired) electrons. The van der Waals surface area contributed by atoms with Gasteiger partial charge in [0.1, 0.15) is 23.4 Å². The molecule has 1 aromatic carbocycles. The lowest BCUT2D eigenvalue weighted by Crippen LogP contribution is -2.65. The van der Waals surface area contributed by atoms with E-state index in [0.717, 1.165) is 18.4 Å². The van der Waals surface area contributed by atoms with Crippen molar-refractivity contribution in [3.63, 3.8) is 0 Å². The molecule has 0 bridgehead atoms. The third-order valence-electron chi connectivity index (χ3n) is 10.3. The molecule has 0 aromatic heterocycles. The van der Waals surface area contributed by atoms with Crippen molar-refractivity contribution < 1.29 is 34.4 Å². The molecule has 5 aliphatic rings. The molecular weight excluding hydrogens is 448 g/mol.